The van der Waals surface area contributed by atoms with Crippen molar-refractivity contribution in [3.8, 4) is 73.5 Å². The maximum atomic E-state index is 8.35. The normalized spacial score (nSPS) is 12.2. The van der Waals surface area contributed by atoms with Gasteiger partial charge in [0.05, 0.1) is 50.2 Å². The van der Waals surface area contributed by atoms with Gasteiger partial charge < -0.3 is 0 Å². The van der Waals surface area contributed by atoms with E-state index in [1.807, 2.05) is 52.2 Å². The van der Waals surface area contributed by atoms with Crippen LogP contribution in [0.25, 0.3) is 139 Å². The third-order valence-corrected chi connectivity index (χ3v) is 26.2. The second kappa shape index (κ2) is 41.4. The highest BCUT2D eigenvalue weighted by Crippen LogP contribution is 2.45. The fourth-order valence-electron chi connectivity index (χ4n) is 19.6. The molecule has 10 heterocycles. The van der Waals surface area contributed by atoms with Crippen LogP contribution in [0.1, 0.15) is 245 Å². The first kappa shape index (κ1) is 101. The van der Waals surface area contributed by atoms with Crippen molar-refractivity contribution in [1.82, 2.24) is 48.6 Å². The van der Waals surface area contributed by atoms with Crippen molar-refractivity contribution < 1.29 is 1.37 Å². The van der Waals surface area contributed by atoms with Crippen LogP contribution in [-0.4, -0.2) is 48.6 Å². The molecule has 0 aliphatic carbocycles. The van der Waals surface area contributed by atoms with E-state index in [1.165, 1.54) is 127 Å². The van der Waals surface area contributed by atoms with Gasteiger partial charge in [-0.15, -0.1) is 0 Å². The number of rotatable bonds is 9. The van der Waals surface area contributed by atoms with Crippen molar-refractivity contribution in [2.45, 2.75) is 245 Å². The zero-order valence-corrected chi connectivity index (χ0v) is 89.3. The Morgan fingerprint density at radius 1 is 0.239 bits per heavy atom. The van der Waals surface area contributed by atoms with Gasteiger partial charge in [-0.1, -0.05) is 390 Å². The maximum absolute atomic E-state index is 8.35. The van der Waals surface area contributed by atoms with Crippen molar-refractivity contribution in [2.24, 2.45) is 0 Å². The molecule has 0 amide bonds. The van der Waals surface area contributed by atoms with Gasteiger partial charge in [0.2, 0.25) is 0 Å². The molecule has 0 radical (unpaired) electrons. The van der Waals surface area contributed by atoms with Crippen molar-refractivity contribution in [2.75, 3.05) is 0 Å². The zero-order valence-electron chi connectivity index (χ0n) is 90.3. The Bertz CT molecular complexity index is 7570. The van der Waals surface area contributed by atoms with Gasteiger partial charge in [-0.05, 0) is 244 Å². The standard InChI is InChI=1S/C33H27N3.C27H24N2.C24H28N2.C21H21N.C16H27N.C11H17N/c1-33(2,3)26-20-21-31(35-27-16-8-4-12-22(27)23-13-5-9-17-28(23)35)34-32(26)36-29-18-10-6-14-24(29)25-15-7-11-19-30(25)36;1-27(2,3)22-17-18-25(28-26(22)19-11-5-4-6-12-19)29-23-15-9-7-13-20(23)21-14-8-10-16-24(21)29;1-15-11-19(12-16(2)25-15)21-9-8-10-22(23(21)24(5,6)7)20-13-17(3)26-18(4)14-20;1-21(2,3)18-14-19(16-10-6-4-7-11-16)22-20(15-18)17-12-8-5-9-13-17;1-11(2)12-9-17-10-13(15(3,4)5)14(12)16(6,7)8;1-8-6-10(11(3,4)5)7-9(2)12-8/h4-21H,1-3H3;4-18H,1-3H3;8-14H,1-7H3;4-15H,1-3H3;9-11H,1-8H3;6-7H,1-5H3/i;;;;11D;. The molecule has 0 saturated heterocycles. The summed E-state index contributed by atoms with van der Waals surface area (Å²) >= 11 is 0. The lowest BCUT2D eigenvalue weighted by atomic mass is 9.73. The summed E-state index contributed by atoms with van der Waals surface area (Å²) in [5.74, 6) is 2.25. The number of hydrogen-bond donors (Lipinski definition) is 0. The Morgan fingerprint density at radius 3 is 0.873 bits per heavy atom. The molecule has 142 heavy (non-hydrogen) atoms. The topological polar surface area (TPSA) is 105 Å². The molecule has 0 N–H and O–H groups in total. The van der Waals surface area contributed by atoms with Crippen molar-refractivity contribution in [3.63, 3.8) is 0 Å². The van der Waals surface area contributed by atoms with Crippen LogP contribution in [-0.2, 0) is 37.9 Å². The molecule has 0 fully saturated rings. The van der Waals surface area contributed by atoms with Gasteiger partial charge >= 0.3 is 0 Å². The van der Waals surface area contributed by atoms with E-state index in [0.29, 0.717) is 0 Å². The molecular weight excluding hydrogens is 1730 g/mol. The Labute approximate surface area is 846 Å². The van der Waals surface area contributed by atoms with Gasteiger partial charge in [0, 0.05) is 102 Å². The van der Waals surface area contributed by atoms with Gasteiger partial charge in [0.15, 0.2) is 0 Å². The molecule has 20 rings (SSSR count). The Balaban J connectivity index is 0.000000133. The van der Waals surface area contributed by atoms with E-state index in [1.54, 1.807) is 0 Å². The van der Waals surface area contributed by atoms with Crippen LogP contribution in [0.5, 0.6) is 0 Å². The van der Waals surface area contributed by atoms with Crippen molar-refractivity contribution >= 4 is 65.4 Å². The number of aromatic nitrogens is 10. The van der Waals surface area contributed by atoms with E-state index in [-0.39, 0.29) is 37.9 Å². The summed E-state index contributed by atoms with van der Waals surface area (Å²) in [7, 11) is 0. The summed E-state index contributed by atoms with van der Waals surface area (Å²) in [4.78, 5) is 33.4. The third-order valence-electron chi connectivity index (χ3n) is 26.2. The van der Waals surface area contributed by atoms with E-state index in [4.69, 9.17) is 16.3 Å². The fourth-order valence-corrected chi connectivity index (χ4v) is 19.6. The molecule has 10 nitrogen and oxygen atoms in total. The summed E-state index contributed by atoms with van der Waals surface area (Å²) in [6, 6.07) is 116. The Morgan fingerprint density at radius 2 is 0.542 bits per heavy atom. The highest BCUT2D eigenvalue weighted by molar-refractivity contribution is 6.11. The number of pyridine rings is 7. The number of nitrogens with zero attached hydrogens (tertiary/aromatic N) is 10. The molecule has 0 bridgehead atoms. The number of benzene rings is 10. The molecule has 0 saturated carbocycles. The number of para-hydroxylation sites is 6. The molecule has 0 aliphatic rings. The van der Waals surface area contributed by atoms with Gasteiger partial charge in [0.25, 0.3) is 0 Å². The van der Waals surface area contributed by atoms with Crippen LogP contribution in [0.3, 0.4) is 0 Å². The Kier molecular flexibility index (Phi) is 29.4. The van der Waals surface area contributed by atoms with Crippen LogP contribution in [0.15, 0.2) is 340 Å². The predicted octanol–water partition coefficient (Wildman–Crippen LogP) is 35.6. The van der Waals surface area contributed by atoms with E-state index in [9.17, 15) is 0 Å². The molecule has 0 atom stereocenters. The summed E-state index contributed by atoms with van der Waals surface area (Å²) in [5, 5.41) is 7.49. The summed E-state index contributed by atoms with van der Waals surface area (Å²) < 4.78 is 15.3. The van der Waals surface area contributed by atoms with E-state index in [2.05, 4.69) is 522 Å². The smallest absolute Gasteiger partial charge is 0.143 e. The summed E-state index contributed by atoms with van der Waals surface area (Å²) in [6.45, 7) is 63.3. The van der Waals surface area contributed by atoms with Crippen LogP contribution in [0.2, 0.25) is 0 Å². The fraction of sp³-hybridized carbons (Fsp3) is 0.280. The lowest BCUT2D eigenvalue weighted by Crippen LogP contribution is -2.24. The molecule has 20 aromatic rings. The second-order valence-electron chi connectivity index (χ2n) is 45.4. The molecule has 10 aromatic heterocycles. The molecule has 10 heteroatoms. The Hall–Kier alpha value is -14.4. The van der Waals surface area contributed by atoms with Gasteiger partial charge in [-0.2, -0.15) is 0 Å². The first-order valence-electron chi connectivity index (χ1n) is 50.7. The van der Waals surface area contributed by atoms with Crippen molar-refractivity contribution in [3.05, 3.63) is 419 Å². The van der Waals surface area contributed by atoms with Crippen LogP contribution < -0.4 is 0 Å². The molecule has 0 aliphatic heterocycles. The zero-order chi connectivity index (χ0) is 103. The highest BCUT2D eigenvalue weighted by Gasteiger charge is 2.32. The third kappa shape index (κ3) is 23.0. The summed E-state index contributed by atoms with van der Waals surface area (Å²) in [6.07, 6.45) is 3.83. The number of fused-ring (bicyclic) bond motifs is 9. The van der Waals surface area contributed by atoms with E-state index < -0.39 is 5.89 Å². The number of hydrogen-bond acceptors (Lipinski definition) is 7. The van der Waals surface area contributed by atoms with E-state index in [0.717, 1.165) is 91.0 Å². The van der Waals surface area contributed by atoms with Crippen LogP contribution in [0.4, 0.5) is 0 Å². The minimum absolute atomic E-state index is 0.0114. The monoisotopic (exact) mass is 1870 g/mol. The van der Waals surface area contributed by atoms with Crippen LogP contribution in [0, 0.1) is 41.5 Å². The lowest BCUT2D eigenvalue weighted by molar-refractivity contribution is 0.518. The van der Waals surface area contributed by atoms with Crippen LogP contribution >= 0.6 is 0 Å². The minimum Gasteiger partial charge on any atom is -0.294 e. The minimum atomic E-state index is -0.614. The molecule has 722 valence electrons. The first-order valence-corrected chi connectivity index (χ1v) is 50.2. The summed E-state index contributed by atoms with van der Waals surface area (Å²) in [5.41, 5.74) is 35.6. The molecular formula is C132H144N10. The van der Waals surface area contributed by atoms with Gasteiger partial charge in [0.1, 0.15) is 17.5 Å². The van der Waals surface area contributed by atoms with Crippen molar-refractivity contribution in [1.29, 1.82) is 0 Å². The van der Waals surface area contributed by atoms with E-state index >= 15 is 0 Å². The number of aryl methyl sites for hydroxylation is 6. The SMILES string of the molecule is CC(C)(C)c1cc(-c2ccccc2)nc(-c2ccccc2)c1.CC(C)(C)c1ccc(-n2c3ccccc3c3ccccc32)nc1-c1ccccc1.CC(C)(C)c1ccc(-n2c3ccccc3c3ccccc32)nc1-n1c2ccccc2c2ccccc21.Cc1cc(-c2cccc(-c3cc(C)nc(C)c3)c2C(C)(C)C)cc(C)n1.Cc1cc(C(C)(C)C)cc(C)n1.[2H]C(C)(C)c1cncc(C(C)(C)C)c1C(C)(C)C. The molecule has 0 unspecified atom stereocenters. The maximum Gasteiger partial charge on any atom is 0.143 e. The second-order valence-corrected chi connectivity index (χ2v) is 45.4. The molecule has 0 spiro atoms. The van der Waals surface area contributed by atoms with Gasteiger partial charge in [-0.25, -0.2) is 15.0 Å². The average molecular weight is 1870 g/mol. The first-order chi connectivity index (χ1) is 67.5. The quantitative estimate of drug-likeness (QED) is 0.142. The average Bonchev–Trinajstić information content (AvgIpc) is 1.56. The molecule has 10 aromatic carbocycles. The largest absolute Gasteiger partial charge is 0.294 e. The van der Waals surface area contributed by atoms with Gasteiger partial charge in [-0.3, -0.25) is 33.6 Å². The predicted molar refractivity (Wildman–Crippen MR) is 607 cm³/mol. The highest BCUT2D eigenvalue weighted by atomic mass is 15.1. The lowest BCUT2D eigenvalue weighted by Gasteiger charge is -2.32.